The Morgan fingerprint density at radius 3 is 1.80 bits per heavy atom. The van der Waals surface area contributed by atoms with Crippen LogP contribution in [0, 0.1) is 0 Å². The highest BCUT2D eigenvalue weighted by Gasteiger charge is 2.28. The fraction of sp³-hybridized carbons (Fsp3) is 0.667. The lowest BCUT2D eigenvalue weighted by Gasteiger charge is -2.18. The van der Waals surface area contributed by atoms with Gasteiger partial charge in [0.2, 0.25) is 5.91 Å². The number of hydrogen-bond donors (Lipinski definition) is 4. The Morgan fingerprint density at radius 2 is 1.24 bits per heavy atom. The second-order valence-electron chi connectivity index (χ2n) is 10.6. The molecule has 0 aliphatic heterocycles. The van der Waals surface area contributed by atoms with E-state index in [0.29, 0.717) is 6.42 Å². The predicted octanol–water partition coefficient (Wildman–Crippen LogP) is 6.71. The van der Waals surface area contributed by atoms with Crippen molar-refractivity contribution in [1.82, 2.24) is 5.32 Å². The minimum absolute atomic E-state index is 0.102. The lowest BCUT2D eigenvalue weighted by Crippen LogP contribution is -2.43. The van der Waals surface area contributed by atoms with E-state index in [1.54, 1.807) is 6.92 Å². The Hall–Kier alpha value is -2.56. The van der Waals surface area contributed by atoms with Gasteiger partial charge in [0, 0.05) is 12.8 Å². The van der Waals surface area contributed by atoms with Crippen molar-refractivity contribution in [1.29, 1.82) is 0 Å². The number of nitrogens with one attached hydrogen (secondary N) is 1. The van der Waals surface area contributed by atoms with Crippen molar-refractivity contribution < 1.29 is 47.8 Å². The second-order valence-corrected chi connectivity index (χ2v) is 12.1. The van der Waals surface area contributed by atoms with Gasteiger partial charge in [0.15, 0.2) is 6.04 Å². The van der Waals surface area contributed by atoms with Gasteiger partial charge in [-0.25, -0.2) is 9.36 Å². The third kappa shape index (κ3) is 28.6. The average molecular weight is 658 g/mol. The predicted molar refractivity (Wildman–Crippen MR) is 175 cm³/mol. The number of phosphoric ester groups is 1. The van der Waals surface area contributed by atoms with Crippen molar-refractivity contribution in [3.05, 3.63) is 48.6 Å². The molecular weight excluding hydrogens is 601 g/mol. The molecular formula is C33H56NO10P. The topological polar surface area (TPSA) is 169 Å². The highest BCUT2D eigenvalue weighted by atomic mass is 31.2. The Bertz CT molecular complexity index is 963. The maximum Gasteiger partial charge on any atom is 0.472 e. The van der Waals surface area contributed by atoms with Crippen molar-refractivity contribution in [2.24, 2.45) is 0 Å². The average Bonchev–Trinajstić information content (AvgIpc) is 3.01. The summed E-state index contributed by atoms with van der Waals surface area (Å²) < 4.78 is 25.9. The standard InChI is InChI=1S/C33H56NO10P/c1-3-5-6-7-8-9-10-11-12-13-14-15-16-17-18-19-20-21-22-23-24-25-31(36)34-30(33(38)39)28-44-45(40,41)43-27-29(35)26-42-32(37)4-2/h8-9,11-12,14-15,17-18,29-30,35H,3-7,10,13,16,19-28H2,1-2H3,(H,34,36)(H,38,39)(H,40,41)/b9-8-,12-11-,15-14-,18-17-. The van der Waals surface area contributed by atoms with E-state index in [9.17, 15) is 34.1 Å². The first-order valence-corrected chi connectivity index (χ1v) is 17.7. The van der Waals surface area contributed by atoms with Crippen molar-refractivity contribution >= 4 is 25.7 Å². The van der Waals surface area contributed by atoms with Gasteiger partial charge in [0.05, 0.1) is 13.2 Å². The molecule has 1 amide bonds. The molecule has 0 aliphatic carbocycles. The van der Waals surface area contributed by atoms with Gasteiger partial charge < -0.3 is 25.2 Å². The number of unbranched alkanes of at least 4 members (excludes halogenated alkanes) is 8. The van der Waals surface area contributed by atoms with Crippen LogP contribution in [-0.4, -0.2) is 64.9 Å². The number of carboxylic acid groups (broad SMARTS) is 1. The highest BCUT2D eigenvalue weighted by Crippen LogP contribution is 2.43. The lowest BCUT2D eigenvalue weighted by atomic mass is 10.1. The zero-order chi connectivity index (χ0) is 33.6. The number of aliphatic hydroxyl groups is 1. The molecule has 0 fully saturated rings. The normalized spacial score (nSPS) is 14.8. The van der Waals surface area contributed by atoms with E-state index in [-0.39, 0.29) is 12.8 Å². The molecule has 0 aromatic rings. The Balaban J connectivity index is 3.94. The summed E-state index contributed by atoms with van der Waals surface area (Å²) in [5, 5.41) is 21.2. The van der Waals surface area contributed by atoms with Crippen LogP contribution in [0.4, 0.5) is 0 Å². The molecule has 0 saturated carbocycles. The zero-order valence-corrected chi connectivity index (χ0v) is 28.0. The summed E-state index contributed by atoms with van der Waals surface area (Å²) in [4.78, 5) is 44.4. The monoisotopic (exact) mass is 657 g/mol. The maximum absolute atomic E-state index is 12.2. The molecule has 0 radical (unpaired) electrons. The number of aliphatic hydroxyl groups excluding tert-OH is 1. The van der Waals surface area contributed by atoms with E-state index in [4.69, 9.17) is 0 Å². The van der Waals surface area contributed by atoms with E-state index in [1.807, 2.05) is 0 Å². The minimum atomic E-state index is -4.72. The molecule has 12 heteroatoms. The van der Waals surface area contributed by atoms with Gasteiger partial charge in [-0.05, 0) is 51.4 Å². The number of carbonyl (C=O) groups excluding carboxylic acids is 2. The summed E-state index contributed by atoms with van der Waals surface area (Å²) in [5.74, 6) is -2.50. The summed E-state index contributed by atoms with van der Waals surface area (Å²) in [6.45, 7) is 1.85. The molecule has 258 valence electrons. The SMILES string of the molecule is CCCCC/C=C\C/C=C\C/C=C\C/C=C\CCCCCCCC(=O)NC(COP(=O)(O)OCC(O)COC(=O)CC)C(=O)O. The molecule has 0 saturated heterocycles. The van der Waals surface area contributed by atoms with E-state index in [1.165, 1.54) is 25.7 Å². The Kier molecular flexibility index (Phi) is 27.2. The number of aliphatic carboxylic acids is 1. The summed E-state index contributed by atoms with van der Waals surface area (Å²) in [6, 6.07) is -1.55. The highest BCUT2D eigenvalue weighted by molar-refractivity contribution is 7.47. The van der Waals surface area contributed by atoms with Gasteiger partial charge in [-0.3, -0.25) is 18.6 Å². The first kappa shape index (κ1) is 42.4. The van der Waals surface area contributed by atoms with Gasteiger partial charge in [-0.15, -0.1) is 0 Å². The second kappa shape index (κ2) is 28.9. The molecule has 0 aliphatic rings. The number of carboxylic acids is 1. The number of amides is 1. The number of allylic oxidation sites excluding steroid dienone is 8. The summed E-state index contributed by atoms with van der Waals surface area (Å²) >= 11 is 0. The molecule has 0 bridgehead atoms. The van der Waals surface area contributed by atoms with Crippen LogP contribution in [0.3, 0.4) is 0 Å². The van der Waals surface area contributed by atoms with Crippen molar-refractivity contribution in [3.63, 3.8) is 0 Å². The minimum Gasteiger partial charge on any atom is -0.480 e. The number of rotatable bonds is 29. The number of ether oxygens (including phenoxy) is 1. The molecule has 0 aromatic carbocycles. The maximum atomic E-state index is 12.2. The van der Waals surface area contributed by atoms with Crippen LogP contribution in [0.2, 0.25) is 0 Å². The van der Waals surface area contributed by atoms with Crippen LogP contribution in [0.15, 0.2) is 48.6 Å². The largest absolute Gasteiger partial charge is 0.480 e. The fourth-order valence-corrected chi connectivity index (χ4v) is 4.58. The van der Waals surface area contributed by atoms with Crippen LogP contribution < -0.4 is 5.32 Å². The molecule has 0 spiro atoms. The zero-order valence-electron chi connectivity index (χ0n) is 27.1. The molecule has 4 N–H and O–H groups in total. The number of hydrogen-bond acceptors (Lipinski definition) is 8. The Labute approximate surface area is 269 Å². The Morgan fingerprint density at radius 1 is 0.733 bits per heavy atom. The number of phosphoric acid groups is 1. The van der Waals surface area contributed by atoms with Crippen molar-refractivity contribution in [2.45, 2.75) is 122 Å². The fourth-order valence-electron chi connectivity index (χ4n) is 3.81. The van der Waals surface area contributed by atoms with Crippen LogP contribution in [0.5, 0.6) is 0 Å². The van der Waals surface area contributed by atoms with E-state index in [0.717, 1.165) is 51.4 Å². The van der Waals surface area contributed by atoms with Gasteiger partial charge in [-0.1, -0.05) is 94.6 Å². The molecule has 0 rings (SSSR count). The smallest absolute Gasteiger partial charge is 0.472 e. The number of carbonyl (C=O) groups is 3. The quantitative estimate of drug-likeness (QED) is 0.0294. The molecule has 11 nitrogen and oxygen atoms in total. The third-order valence-corrected chi connectivity index (χ3v) is 7.38. The van der Waals surface area contributed by atoms with Gasteiger partial charge in [0.1, 0.15) is 12.7 Å². The first-order valence-electron chi connectivity index (χ1n) is 16.2. The number of esters is 1. The van der Waals surface area contributed by atoms with E-state index in [2.05, 4.69) is 74.6 Å². The summed E-state index contributed by atoms with van der Waals surface area (Å²) in [5.41, 5.74) is 0. The summed E-state index contributed by atoms with van der Waals surface area (Å²) in [7, 11) is -4.72. The molecule has 45 heavy (non-hydrogen) atoms. The van der Waals surface area contributed by atoms with Crippen LogP contribution in [0.25, 0.3) is 0 Å². The van der Waals surface area contributed by atoms with Crippen LogP contribution >= 0.6 is 7.82 Å². The molecule has 3 unspecified atom stereocenters. The van der Waals surface area contributed by atoms with Gasteiger partial charge in [-0.2, -0.15) is 0 Å². The van der Waals surface area contributed by atoms with Crippen molar-refractivity contribution in [3.8, 4) is 0 Å². The summed E-state index contributed by atoms with van der Waals surface area (Å²) in [6.07, 6.45) is 29.8. The molecule has 3 atom stereocenters. The van der Waals surface area contributed by atoms with Crippen LogP contribution in [-0.2, 0) is 32.7 Å². The van der Waals surface area contributed by atoms with Crippen LogP contribution in [0.1, 0.15) is 110 Å². The molecule has 0 heterocycles. The van der Waals surface area contributed by atoms with E-state index >= 15 is 0 Å². The third-order valence-electron chi connectivity index (χ3n) is 6.43. The van der Waals surface area contributed by atoms with Gasteiger partial charge >= 0.3 is 19.8 Å². The van der Waals surface area contributed by atoms with Crippen molar-refractivity contribution in [2.75, 3.05) is 19.8 Å². The first-order chi connectivity index (χ1) is 21.6. The van der Waals surface area contributed by atoms with Gasteiger partial charge in [0.25, 0.3) is 0 Å². The van der Waals surface area contributed by atoms with E-state index < -0.39 is 57.6 Å². The lowest BCUT2D eigenvalue weighted by molar-refractivity contribution is -0.146. The molecule has 0 aromatic heterocycles.